The number of rotatable bonds is 4. The summed E-state index contributed by atoms with van der Waals surface area (Å²) in [6, 6.07) is 2.48. The molecule has 0 saturated carbocycles. The molecule has 0 saturated heterocycles. The zero-order chi connectivity index (χ0) is 22.9. The number of nitrogens with one attached hydrogen (secondary N) is 3. The Hall–Kier alpha value is -2.81. The lowest BCUT2D eigenvalue weighted by atomic mass is 9.86. The predicted octanol–water partition coefficient (Wildman–Crippen LogP) is 2.62. The van der Waals surface area contributed by atoms with Crippen LogP contribution in [-0.2, 0) is 17.6 Å². The quantitative estimate of drug-likeness (QED) is 0.692. The highest BCUT2D eigenvalue weighted by Crippen LogP contribution is 2.32. The van der Waals surface area contributed by atoms with Gasteiger partial charge in [-0.05, 0) is 49.9 Å². The Balaban J connectivity index is 2.04. The minimum Gasteiger partial charge on any atom is -0.357 e. The van der Waals surface area contributed by atoms with Gasteiger partial charge in [-0.2, -0.15) is 9.78 Å². The Morgan fingerprint density at radius 3 is 2.48 bits per heavy atom. The molecule has 31 heavy (non-hydrogen) atoms. The SMILES string of the molecule is CNC(=O)[C@@H](NC(=O)n1nc(-c2ccc(F)c(F)c2)c2c1CCC(NC)C2)C(C)(C)C. The molecule has 2 amide bonds. The van der Waals surface area contributed by atoms with E-state index >= 15 is 0 Å². The van der Waals surface area contributed by atoms with Crippen molar-refractivity contribution in [1.29, 1.82) is 0 Å². The average molecular weight is 434 g/mol. The fraction of sp³-hybridized carbons (Fsp3) is 0.500. The van der Waals surface area contributed by atoms with E-state index in [0.717, 1.165) is 24.1 Å². The van der Waals surface area contributed by atoms with Gasteiger partial charge in [-0.25, -0.2) is 13.6 Å². The third-order valence-electron chi connectivity index (χ3n) is 5.71. The highest BCUT2D eigenvalue weighted by molar-refractivity contribution is 5.88. The highest BCUT2D eigenvalue weighted by Gasteiger charge is 2.35. The molecule has 1 aromatic carbocycles. The van der Waals surface area contributed by atoms with Crippen LogP contribution in [0.15, 0.2) is 18.2 Å². The molecule has 0 bridgehead atoms. The summed E-state index contributed by atoms with van der Waals surface area (Å²) >= 11 is 0. The van der Waals surface area contributed by atoms with Crippen molar-refractivity contribution in [3.05, 3.63) is 41.1 Å². The van der Waals surface area contributed by atoms with Crippen LogP contribution in [0.4, 0.5) is 13.6 Å². The monoisotopic (exact) mass is 433 g/mol. The second kappa shape index (κ2) is 8.74. The van der Waals surface area contributed by atoms with E-state index in [0.29, 0.717) is 29.8 Å². The summed E-state index contributed by atoms with van der Waals surface area (Å²) in [6.45, 7) is 5.57. The Bertz CT molecular complexity index is 997. The summed E-state index contributed by atoms with van der Waals surface area (Å²) in [7, 11) is 3.38. The molecule has 0 spiro atoms. The third-order valence-corrected chi connectivity index (χ3v) is 5.71. The maximum absolute atomic E-state index is 13.9. The number of halogens is 2. The number of fused-ring (bicyclic) bond motifs is 1. The van der Waals surface area contributed by atoms with Crippen LogP contribution in [0.25, 0.3) is 11.3 Å². The zero-order valence-corrected chi connectivity index (χ0v) is 18.5. The lowest BCUT2D eigenvalue weighted by molar-refractivity contribution is -0.124. The summed E-state index contributed by atoms with van der Waals surface area (Å²) in [4.78, 5) is 25.5. The van der Waals surface area contributed by atoms with Gasteiger partial charge < -0.3 is 16.0 Å². The van der Waals surface area contributed by atoms with Crippen molar-refractivity contribution in [2.75, 3.05) is 14.1 Å². The van der Waals surface area contributed by atoms with E-state index in [4.69, 9.17) is 0 Å². The van der Waals surface area contributed by atoms with E-state index in [1.165, 1.54) is 17.8 Å². The average Bonchev–Trinajstić information content (AvgIpc) is 3.11. The van der Waals surface area contributed by atoms with Crippen LogP contribution in [-0.4, -0.2) is 47.9 Å². The molecule has 1 aliphatic rings. The number of carbonyl (C=O) groups is 2. The number of amides is 2. The molecule has 1 unspecified atom stereocenters. The van der Waals surface area contributed by atoms with Crippen LogP contribution in [0, 0.1) is 17.0 Å². The number of likely N-dealkylation sites (N-methyl/N-ethyl adjacent to an activating group) is 2. The summed E-state index contributed by atoms with van der Waals surface area (Å²) in [5, 5.41) is 13.1. The van der Waals surface area contributed by atoms with Crippen molar-refractivity contribution in [3.8, 4) is 11.3 Å². The van der Waals surface area contributed by atoms with Crippen LogP contribution in [0.3, 0.4) is 0 Å². The van der Waals surface area contributed by atoms with Crippen LogP contribution in [0.2, 0.25) is 0 Å². The number of hydrogen-bond donors (Lipinski definition) is 3. The molecule has 3 rings (SSSR count). The molecule has 9 heteroatoms. The van der Waals surface area contributed by atoms with Gasteiger partial charge in [0.15, 0.2) is 11.6 Å². The second-order valence-electron chi connectivity index (χ2n) is 8.91. The molecule has 1 aromatic heterocycles. The Morgan fingerprint density at radius 1 is 1.19 bits per heavy atom. The van der Waals surface area contributed by atoms with E-state index in [1.54, 1.807) is 0 Å². The largest absolute Gasteiger partial charge is 0.357 e. The van der Waals surface area contributed by atoms with Gasteiger partial charge in [0.25, 0.3) is 0 Å². The minimum atomic E-state index is -0.973. The molecule has 0 fully saturated rings. The summed E-state index contributed by atoms with van der Waals surface area (Å²) in [5.41, 5.74) is 1.85. The molecule has 0 aliphatic heterocycles. The standard InChI is InChI=1S/C22H29F2N5O2/c1-22(2,3)19(20(30)26-5)27-21(31)29-17-9-7-13(25-4)11-14(17)18(28-29)12-6-8-15(23)16(24)10-12/h6,8,10,13,19,25H,7,9,11H2,1-5H3,(H,26,30)(H,27,31)/t13?,19-/m1/s1. The van der Waals surface area contributed by atoms with Crippen molar-refractivity contribution < 1.29 is 18.4 Å². The fourth-order valence-electron chi connectivity index (χ4n) is 3.91. The molecule has 7 nitrogen and oxygen atoms in total. The second-order valence-corrected chi connectivity index (χ2v) is 8.91. The molecular formula is C22H29F2N5O2. The maximum atomic E-state index is 13.9. The van der Waals surface area contributed by atoms with Gasteiger partial charge in [0.2, 0.25) is 5.91 Å². The first-order valence-electron chi connectivity index (χ1n) is 10.3. The smallest absolute Gasteiger partial charge is 0.343 e. The number of benzene rings is 1. The van der Waals surface area contributed by atoms with Gasteiger partial charge in [-0.1, -0.05) is 20.8 Å². The van der Waals surface area contributed by atoms with Gasteiger partial charge in [-0.15, -0.1) is 0 Å². The molecule has 1 aliphatic carbocycles. The summed E-state index contributed by atoms with van der Waals surface area (Å²) in [5.74, 6) is -2.22. The first-order valence-corrected chi connectivity index (χ1v) is 10.3. The Kier molecular flexibility index (Phi) is 6.45. The number of hydrogen-bond acceptors (Lipinski definition) is 4. The van der Waals surface area contributed by atoms with E-state index in [-0.39, 0.29) is 11.9 Å². The summed E-state index contributed by atoms with van der Waals surface area (Å²) < 4.78 is 28.6. The van der Waals surface area contributed by atoms with Gasteiger partial charge in [0.05, 0.1) is 11.4 Å². The molecular weight excluding hydrogens is 404 g/mol. The first-order chi connectivity index (χ1) is 14.6. The van der Waals surface area contributed by atoms with E-state index < -0.39 is 29.1 Å². The Labute approximate surface area is 180 Å². The number of aromatic nitrogens is 2. The van der Waals surface area contributed by atoms with Crippen LogP contribution in [0.1, 0.15) is 38.4 Å². The van der Waals surface area contributed by atoms with Crippen LogP contribution in [0.5, 0.6) is 0 Å². The first kappa shape index (κ1) is 22.9. The van der Waals surface area contributed by atoms with E-state index in [1.807, 2.05) is 27.8 Å². The molecule has 3 N–H and O–H groups in total. The zero-order valence-electron chi connectivity index (χ0n) is 18.5. The predicted molar refractivity (Wildman–Crippen MR) is 114 cm³/mol. The van der Waals surface area contributed by atoms with Gasteiger partial charge in [-0.3, -0.25) is 4.79 Å². The van der Waals surface area contributed by atoms with Crippen LogP contribution < -0.4 is 16.0 Å². The fourth-order valence-corrected chi connectivity index (χ4v) is 3.91. The van der Waals surface area contributed by atoms with Gasteiger partial charge in [0.1, 0.15) is 6.04 Å². The van der Waals surface area contributed by atoms with Gasteiger partial charge in [0, 0.05) is 24.2 Å². The molecule has 2 atom stereocenters. The topological polar surface area (TPSA) is 88.1 Å². The lowest BCUT2D eigenvalue weighted by Crippen LogP contribution is -2.54. The molecule has 1 heterocycles. The highest BCUT2D eigenvalue weighted by atomic mass is 19.2. The van der Waals surface area contributed by atoms with E-state index in [9.17, 15) is 18.4 Å². The molecule has 2 aromatic rings. The van der Waals surface area contributed by atoms with Crippen molar-refractivity contribution in [2.45, 2.75) is 52.1 Å². The number of nitrogens with zero attached hydrogens (tertiary/aromatic N) is 2. The third kappa shape index (κ3) is 4.61. The van der Waals surface area contributed by atoms with Crippen molar-refractivity contribution in [3.63, 3.8) is 0 Å². The molecule has 168 valence electrons. The van der Waals surface area contributed by atoms with E-state index in [2.05, 4.69) is 21.0 Å². The Morgan fingerprint density at radius 2 is 1.90 bits per heavy atom. The number of carbonyl (C=O) groups excluding carboxylic acids is 2. The van der Waals surface area contributed by atoms with Crippen molar-refractivity contribution in [2.24, 2.45) is 5.41 Å². The van der Waals surface area contributed by atoms with Crippen LogP contribution >= 0.6 is 0 Å². The van der Waals surface area contributed by atoms with Gasteiger partial charge >= 0.3 is 6.03 Å². The molecule has 0 radical (unpaired) electrons. The normalized spacial score (nSPS) is 17.1. The maximum Gasteiger partial charge on any atom is 0.343 e. The lowest BCUT2D eigenvalue weighted by Gasteiger charge is -2.30. The minimum absolute atomic E-state index is 0.186. The summed E-state index contributed by atoms with van der Waals surface area (Å²) in [6.07, 6.45) is 1.99. The van der Waals surface area contributed by atoms with Crippen molar-refractivity contribution >= 4 is 11.9 Å². The van der Waals surface area contributed by atoms with Crippen molar-refractivity contribution in [1.82, 2.24) is 25.7 Å².